The highest BCUT2D eigenvalue weighted by atomic mass is 32.2. The molecule has 1 fully saturated rings. The van der Waals surface area contributed by atoms with E-state index in [0.717, 1.165) is 0 Å². The van der Waals surface area contributed by atoms with Crippen LogP contribution < -0.4 is 9.44 Å². The first-order valence-corrected chi connectivity index (χ1v) is 8.81. The van der Waals surface area contributed by atoms with E-state index in [1.807, 2.05) is 0 Å². The molecule has 22 heavy (non-hydrogen) atoms. The van der Waals surface area contributed by atoms with E-state index in [0.29, 0.717) is 0 Å². The van der Waals surface area contributed by atoms with Crippen LogP contribution in [0.1, 0.15) is 25.7 Å². The van der Waals surface area contributed by atoms with Crippen molar-refractivity contribution in [3.8, 4) is 0 Å². The van der Waals surface area contributed by atoms with Gasteiger partial charge in [0.05, 0.1) is 0 Å². The Balaban J connectivity index is 2.95. The van der Waals surface area contributed by atoms with E-state index in [1.54, 1.807) is 0 Å². The highest BCUT2D eigenvalue weighted by Gasteiger charge is 2.50. The summed E-state index contributed by atoms with van der Waals surface area (Å²) >= 11 is 0. The maximum absolute atomic E-state index is 12.3. The van der Waals surface area contributed by atoms with Crippen molar-refractivity contribution in [2.24, 2.45) is 0 Å². The fourth-order valence-electron chi connectivity index (χ4n) is 1.95. The molecule has 0 spiro atoms. The molecule has 1 aliphatic carbocycles. The lowest BCUT2D eigenvalue weighted by atomic mass is 9.92. The maximum Gasteiger partial charge on any atom is 0.511 e. The van der Waals surface area contributed by atoms with Crippen LogP contribution in [0.4, 0.5) is 26.3 Å². The van der Waals surface area contributed by atoms with Crippen LogP contribution >= 0.6 is 0 Å². The van der Waals surface area contributed by atoms with Crippen LogP contribution in [-0.4, -0.2) is 39.9 Å². The average Bonchev–Trinajstić information content (AvgIpc) is 2.28. The highest BCUT2D eigenvalue weighted by molar-refractivity contribution is 7.90. The van der Waals surface area contributed by atoms with E-state index in [1.165, 1.54) is 9.44 Å². The number of nitrogens with one attached hydrogen (secondary N) is 2. The second-order valence-electron chi connectivity index (χ2n) is 4.63. The molecule has 0 bridgehead atoms. The Morgan fingerprint density at radius 3 is 1.18 bits per heavy atom. The fraction of sp³-hybridized carbons (Fsp3) is 1.00. The van der Waals surface area contributed by atoms with Gasteiger partial charge in [0.2, 0.25) is 0 Å². The van der Waals surface area contributed by atoms with Gasteiger partial charge in [0, 0.05) is 12.1 Å². The quantitative estimate of drug-likeness (QED) is 0.719. The van der Waals surface area contributed by atoms with Crippen LogP contribution in [0.15, 0.2) is 0 Å². The molecule has 2 atom stereocenters. The summed E-state index contributed by atoms with van der Waals surface area (Å²) in [6.07, 6.45) is 0.0469. The Bertz CT molecular complexity index is 543. The molecule has 1 aliphatic rings. The molecule has 1 unspecified atom stereocenters. The van der Waals surface area contributed by atoms with Gasteiger partial charge in [0.1, 0.15) is 0 Å². The third-order valence-corrected chi connectivity index (χ3v) is 5.43. The minimum Gasteiger partial charge on any atom is -0.203 e. The lowest BCUT2D eigenvalue weighted by molar-refractivity contribution is -0.0467. The predicted octanol–water partition coefficient (Wildman–Crippen LogP) is 1.18. The van der Waals surface area contributed by atoms with Gasteiger partial charge in [-0.2, -0.15) is 26.3 Å². The Hall–Kier alpha value is -0.600. The summed E-state index contributed by atoms with van der Waals surface area (Å²) in [4.78, 5) is 0. The molecule has 14 heteroatoms. The first-order chi connectivity index (χ1) is 9.67. The van der Waals surface area contributed by atoms with E-state index < -0.39 is 43.1 Å². The molecule has 2 N–H and O–H groups in total. The summed E-state index contributed by atoms with van der Waals surface area (Å²) in [6.45, 7) is 0. The van der Waals surface area contributed by atoms with E-state index in [9.17, 15) is 43.2 Å². The number of hydrogen-bond acceptors (Lipinski definition) is 4. The molecular formula is C8H12F6N2O4S2. The van der Waals surface area contributed by atoms with Gasteiger partial charge >= 0.3 is 31.1 Å². The fourth-order valence-corrected chi connectivity index (χ4v) is 3.57. The van der Waals surface area contributed by atoms with Gasteiger partial charge in [-0.3, -0.25) is 0 Å². The second kappa shape index (κ2) is 6.13. The van der Waals surface area contributed by atoms with Crippen LogP contribution in [0.5, 0.6) is 0 Å². The molecule has 0 aromatic heterocycles. The molecule has 1 saturated carbocycles. The highest BCUT2D eigenvalue weighted by Crippen LogP contribution is 2.28. The molecule has 132 valence electrons. The average molecular weight is 378 g/mol. The zero-order valence-corrected chi connectivity index (χ0v) is 12.3. The summed E-state index contributed by atoms with van der Waals surface area (Å²) in [6, 6.07) is -3.23. The molecular weight excluding hydrogens is 366 g/mol. The van der Waals surface area contributed by atoms with E-state index >= 15 is 0 Å². The van der Waals surface area contributed by atoms with Crippen LogP contribution in [0, 0.1) is 0 Å². The van der Waals surface area contributed by atoms with Crippen LogP contribution in [0.2, 0.25) is 0 Å². The van der Waals surface area contributed by atoms with Gasteiger partial charge < -0.3 is 0 Å². The summed E-state index contributed by atoms with van der Waals surface area (Å²) < 4.78 is 120. The summed E-state index contributed by atoms with van der Waals surface area (Å²) in [5.41, 5.74) is -11.3. The van der Waals surface area contributed by atoms with Crippen LogP contribution in [0.3, 0.4) is 0 Å². The van der Waals surface area contributed by atoms with Gasteiger partial charge in [-0.15, -0.1) is 0 Å². The molecule has 6 nitrogen and oxygen atoms in total. The van der Waals surface area contributed by atoms with Gasteiger partial charge in [0.15, 0.2) is 0 Å². The van der Waals surface area contributed by atoms with Crippen molar-refractivity contribution in [3.05, 3.63) is 0 Å². The Morgan fingerprint density at radius 1 is 0.682 bits per heavy atom. The van der Waals surface area contributed by atoms with E-state index in [2.05, 4.69) is 0 Å². The molecule has 0 aliphatic heterocycles. The van der Waals surface area contributed by atoms with Gasteiger partial charge in [-0.25, -0.2) is 26.3 Å². The Morgan fingerprint density at radius 2 is 0.955 bits per heavy atom. The lowest BCUT2D eigenvalue weighted by Crippen LogP contribution is -2.56. The number of sulfonamides is 2. The van der Waals surface area contributed by atoms with Crippen molar-refractivity contribution < 1.29 is 43.2 Å². The van der Waals surface area contributed by atoms with Crippen molar-refractivity contribution in [2.45, 2.75) is 48.8 Å². The van der Waals surface area contributed by atoms with Gasteiger partial charge in [0.25, 0.3) is 0 Å². The zero-order valence-electron chi connectivity index (χ0n) is 10.7. The van der Waals surface area contributed by atoms with Gasteiger partial charge in [-0.05, 0) is 12.8 Å². The molecule has 0 saturated heterocycles. The monoisotopic (exact) mass is 378 g/mol. The van der Waals surface area contributed by atoms with Crippen LogP contribution in [-0.2, 0) is 20.0 Å². The normalized spacial score (nSPS) is 25.2. The molecule has 0 heterocycles. The van der Waals surface area contributed by atoms with E-state index in [4.69, 9.17) is 0 Å². The van der Waals surface area contributed by atoms with Crippen LogP contribution in [0.25, 0.3) is 0 Å². The Labute approximate surface area is 122 Å². The summed E-state index contributed by atoms with van der Waals surface area (Å²) in [7, 11) is -11.6. The minimum atomic E-state index is -5.79. The Kier molecular flexibility index (Phi) is 5.42. The third-order valence-electron chi connectivity index (χ3n) is 2.99. The van der Waals surface area contributed by atoms with Crippen molar-refractivity contribution in [3.63, 3.8) is 0 Å². The van der Waals surface area contributed by atoms with Crippen molar-refractivity contribution in [1.29, 1.82) is 0 Å². The first-order valence-electron chi connectivity index (χ1n) is 5.84. The van der Waals surface area contributed by atoms with Crippen molar-refractivity contribution in [1.82, 2.24) is 9.44 Å². The van der Waals surface area contributed by atoms with Gasteiger partial charge in [-0.1, -0.05) is 12.8 Å². The molecule has 0 amide bonds. The minimum absolute atomic E-state index is 0.222. The standard InChI is InChI=1S/C8H12F6N2O4S2/c9-7(10,11)21(17,18)15-5-3-1-2-4-6(5)16-22(19,20)8(12,13)14/h5-6,15-16H,1-4H2/t5-,6?/m0/s1. The number of halogens is 6. The molecule has 0 aromatic rings. The van der Waals surface area contributed by atoms with E-state index in [-0.39, 0.29) is 25.7 Å². The molecule has 0 aromatic carbocycles. The number of alkyl halides is 6. The smallest absolute Gasteiger partial charge is 0.203 e. The third kappa shape index (κ3) is 4.45. The molecule has 0 radical (unpaired) electrons. The zero-order chi connectivity index (χ0) is 17.4. The molecule has 1 rings (SSSR count). The number of rotatable bonds is 4. The largest absolute Gasteiger partial charge is 0.511 e. The summed E-state index contributed by atoms with van der Waals surface area (Å²) in [5.74, 6) is 0. The topological polar surface area (TPSA) is 92.3 Å². The van der Waals surface area contributed by atoms with Crippen molar-refractivity contribution >= 4 is 20.0 Å². The van der Waals surface area contributed by atoms with Crippen molar-refractivity contribution in [2.75, 3.05) is 0 Å². The summed E-state index contributed by atoms with van der Waals surface area (Å²) in [5, 5.41) is 0. The lowest BCUT2D eigenvalue weighted by Gasteiger charge is -2.32. The SMILES string of the molecule is O=S(=O)(NC1CCCC[C@@H]1NS(=O)(=O)C(F)(F)F)C(F)(F)F. The predicted molar refractivity (Wildman–Crippen MR) is 62.3 cm³/mol. The maximum atomic E-state index is 12.3. The number of hydrogen-bond donors (Lipinski definition) is 2. The second-order valence-corrected chi connectivity index (χ2v) is 8.04. The first kappa shape index (κ1) is 19.4.